The van der Waals surface area contributed by atoms with Crippen LogP contribution in [0.2, 0.25) is 0 Å². The van der Waals surface area contributed by atoms with E-state index in [0.29, 0.717) is 19.4 Å². The van der Waals surface area contributed by atoms with Crippen molar-refractivity contribution in [2.45, 2.75) is 45.6 Å². The van der Waals surface area contributed by atoms with Gasteiger partial charge in [-0.1, -0.05) is 26.7 Å². The van der Waals surface area contributed by atoms with E-state index in [4.69, 9.17) is 0 Å². The maximum absolute atomic E-state index is 12.5. The predicted molar refractivity (Wildman–Crippen MR) is 89.5 cm³/mol. The minimum Gasteiger partial charge on any atom is -0.353 e. The van der Waals surface area contributed by atoms with Gasteiger partial charge >= 0.3 is 0 Å². The molecule has 1 fully saturated rings. The van der Waals surface area contributed by atoms with Crippen molar-refractivity contribution in [3.05, 3.63) is 22.4 Å². The van der Waals surface area contributed by atoms with Crippen LogP contribution in [0.25, 0.3) is 0 Å². The molecule has 0 spiro atoms. The largest absolute Gasteiger partial charge is 0.353 e. The molecule has 0 aliphatic heterocycles. The molecule has 0 radical (unpaired) electrons. The molecule has 0 aromatic carbocycles. The van der Waals surface area contributed by atoms with Crippen molar-refractivity contribution < 1.29 is 4.79 Å². The molecule has 1 saturated carbocycles. The van der Waals surface area contributed by atoms with Crippen LogP contribution >= 0.6 is 11.3 Å². The first-order valence-electron chi connectivity index (χ1n) is 8.12. The second-order valence-electron chi connectivity index (χ2n) is 5.90. The highest BCUT2D eigenvalue weighted by Crippen LogP contribution is 2.37. The van der Waals surface area contributed by atoms with Gasteiger partial charge < -0.3 is 5.32 Å². The van der Waals surface area contributed by atoms with Gasteiger partial charge in [-0.3, -0.25) is 9.69 Å². The summed E-state index contributed by atoms with van der Waals surface area (Å²) < 4.78 is 0. The maximum atomic E-state index is 12.5. The number of hydrogen-bond donors (Lipinski definition) is 1. The molecule has 1 aliphatic carbocycles. The van der Waals surface area contributed by atoms with Crippen molar-refractivity contribution >= 4 is 17.2 Å². The monoisotopic (exact) mass is 319 g/mol. The Labute approximate surface area is 137 Å². The van der Waals surface area contributed by atoms with E-state index < -0.39 is 5.41 Å². The number of likely N-dealkylation sites (N-methyl/N-ethyl adjacent to an activating group) is 1. The summed E-state index contributed by atoms with van der Waals surface area (Å²) in [6.45, 7) is 6.73. The lowest BCUT2D eigenvalue weighted by molar-refractivity contribution is -0.128. The summed E-state index contributed by atoms with van der Waals surface area (Å²) in [5.74, 6) is -0.0834. The number of hydrogen-bond acceptors (Lipinski definition) is 4. The van der Waals surface area contributed by atoms with Crippen molar-refractivity contribution in [2.24, 2.45) is 5.41 Å². The van der Waals surface area contributed by atoms with Crippen LogP contribution in [0.3, 0.4) is 0 Å². The number of rotatable bonds is 7. The van der Waals surface area contributed by atoms with Crippen LogP contribution in [0.15, 0.2) is 16.8 Å². The average molecular weight is 319 g/mol. The summed E-state index contributed by atoms with van der Waals surface area (Å²) in [6, 6.07) is 4.57. The third-order valence-corrected chi connectivity index (χ3v) is 5.44. The van der Waals surface area contributed by atoms with Crippen LogP contribution < -0.4 is 5.32 Å². The fourth-order valence-corrected chi connectivity index (χ4v) is 4.02. The number of carbonyl (C=O) groups is 1. The Kier molecular flexibility index (Phi) is 5.98. The zero-order chi connectivity index (χ0) is 16.0. The molecule has 120 valence electrons. The van der Waals surface area contributed by atoms with Gasteiger partial charge in [0.1, 0.15) is 5.41 Å². The van der Waals surface area contributed by atoms with E-state index in [1.165, 1.54) is 5.56 Å². The lowest BCUT2D eigenvalue weighted by Crippen LogP contribution is -2.43. The van der Waals surface area contributed by atoms with Gasteiger partial charge in [-0.2, -0.15) is 16.6 Å². The Morgan fingerprint density at radius 2 is 2.14 bits per heavy atom. The number of amides is 1. The van der Waals surface area contributed by atoms with Gasteiger partial charge in [-0.25, -0.2) is 0 Å². The number of thiophene rings is 1. The normalized spacial score (nSPS) is 18.1. The van der Waals surface area contributed by atoms with Gasteiger partial charge in [0.25, 0.3) is 0 Å². The van der Waals surface area contributed by atoms with Crippen LogP contribution in [0.4, 0.5) is 0 Å². The standard InChI is InChI=1S/C17H25N3OS/c1-3-20(4-2)15(14-7-10-22-12-14)11-19-16(21)17(13-18)8-5-6-9-17/h7,10,12,15H,3-6,8-9,11H2,1-2H3,(H,19,21). The molecule has 1 unspecified atom stereocenters. The van der Waals surface area contributed by atoms with Gasteiger partial charge in [0, 0.05) is 6.54 Å². The van der Waals surface area contributed by atoms with Crippen LogP contribution in [-0.2, 0) is 4.79 Å². The lowest BCUT2D eigenvalue weighted by atomic mass is 9.87. The number of nitrogens with zero attached hydrogens (tertiary/aromatic N) is 2. The molecule has 0 saturated heterocycles. The summed E-state index contributed by atoms with van der Waals surface area (Å²) in [6.07, 6.45) is 3.35. The third-order valence-electron chi connectivity index (χ3n) is 4.74. The van der Waals surface area contributed by atoms with E-state index in [1.807, 2.05) is 0 Å². The molecule has 1 aromatic heterocycles. The van der Waals surface area contributed by atoms with E-state index in [9.17, 15) is 10.1 Å². The highest BCUT2D eigenvalue weighted by atomic mass is 32.1. The van der Waals surface area contributed by atoms with Crippen LogP contribution in [-0.4, -0.2) is 30.4 Å². The molecule has 1 atom stereocenters. The Balaban J connectivity index is 2.05. The van der Waals surface area contributed by atoms with Crippen molar-refractivity contribution in [1.29, 1.82) is 5.26 Å². The first-order valence-corrected chi connectivity index (χ1v) is 9.07. The summed E-state index contributed by atoms with van der Waals surface area (Å²) >= 11 is 1.68. The van der Waals surface area contributed by atoms with Gasteiger partial charge in [0.2, 0.25) is 5.91 Å². The summed E-state index contributed by atoms with van der Waals surface area (Å²) in [4.78, 5) is 14.9. The topological polar surface area (TPSA) is 56.1 Å². The highest BCUT2D eigenvalue weighted by Gasteiger charge is 2.41. The maximum Gasteiger partial charge on any atom is 0.240 e. The Morgan fingerprint density at radius 1 is 1.45 bits per heavy atom. The first kappa shape index (κ1) is 17.0. The van der Waals surface area contributed by atoms with Crippen LogP contribution in [0, 0.1) is 16.7 Å². The minimum absolute atomic E-state index is 0.0834. The van der Waals surface area contributed by atoms with E-state index >= 15 is 0 Å². The van der Waals surface area contributed by atoms with E-state index in [0.717, 1.165) is 25.9 Å². The zero-order valence-corrected chi connectivity index (χ0v) is 14.3. The summed E-state index contributed by atoms with van der Waals surface area (Å²) in [7, 11) is 0. The first-order chi connectivity index (χ1) is 10.7. The molecule has 1 amide bonds. The van der Waals surface area contributed by atoms with Gasteiger partial charge in [0.15, 0.2) is 0 Å². The fraction of sp³-hybridized carbons (Fsp3) is 0.647. The molecule has 1 heterocycles. The molecule has 1 N–H and O–H groups in total. The van der Waals surface area contributed by atoms with Gasteiger partial charge in [-0.05, 0) is 48.3 Å². The number of nitriles is 1. The molecule has 5 heteroatoms. The van der Waals surface area contributed by atoms with Crippen molar-refractivity contribution in [3.63, 3.8) is 0 Å². The molecule has 4 nitrogen and oxygen atoms in total. The van der Waals surface area contributed by atoms with Crippen molar-refractivity contribution in [2.75, 3.05) is 19.6 Å². The molecule has 1 aliphatic rings. The number of nitrogens with one attached hydrogen (secondary N) is 1. The van der Waals surface area contributed by atoms with Crippen molar-refractivity contribution in [3.8, 4) is 6.07 Å². The van der Waals surface area contributed by atoms with E-state index in [1.54, 1.807) is 11.3 Å². The molecule has 22 heavy (non-hydrogen) atoms. The Bertz CT molecular complexity index is 511. The minimum atomic E-state index is -0.789. The molecular formula is C17H25N3OS. The Hall–Kier alpha value is -1.38. The fourth-order valence-electron chi connectivity index (χ4n) is 3.31. The van der Waals surface area contributed by atoms with Crippen LogP contribution in [0.5, 0.6) is 0 Å². The van der Waals surface area contributed by atoms with Gasteiger partial charge in [0.05, 0.1) is 12.1 Å². The molecule has 2 rings (SSSR count). The van der Waals surface area contributed by atoms with E-state index in [-0.39, 0.29) is 11.9 Å². The predicted octanol–water partition coefficient (Wildman–Crippen LogP) is 3.33. The molecule has 0 bridgehead atoms. The third kappa shape index (κ3) is 3.50. The smallest absolute Gasteiger partial charge is 0.240 e. The van der Waals surface area contributed by atoms with E-state index in [2.05, 4.69) is 47.0 Å². The molecular weight excluding hydrogens is 294 g/mol. The average Bonchev–Trinajstić information content (AvgIpc) is 3.22. The second kappa shape index (κ2) is 7.75. The van der Waals surface area contributed by atoms with Gasteiger partial charge in [-0.15, -0.1) is 0 Å². The summed E-state index contributed by atoms with van der Waals surface area (Å²) in [5, 5.41) is 16.7. The Morgan fingerprint density at radius 3 is 2.64 bits per heavy atom. The zero-order valence-electron chi connectivity index (χ0n) is 13.5. The second-order valence-corrected chi connectivity index (χ2v) is 6.68. The summed E-state index contributed by atoms with van der Waals surface area (Å²) in [5.41, 5.74) is 0.453. The SMILES string of the molecule is CCN(CC)C(CNC(=O)C1(C#N)CCCC1)c1ccsc1. The lowest BCUT2D eigenvalue weighted by Gasteiger charge is -2.30. The van der Waals surface area contributed by atoms with Crippen LogP contribution in [0.1, 0.15) is 51.1 Å². The quantitative estimate of drug-likeness (QED) is 0.838. The number of carbonyl (C=O) groups excluding carboxylic acids is 1. The highest BCUT2D eigenvalue weighted by molar-refractivity contribution is 7.07. The molecule has 1 aromatic rings. The van der Waals surface area contributed by atoms with Crippen molar-refractivity contribution in [1.82, 2.24) is 10.2 Å².